The highest BCUT2D eigenvalue weighted by atomic mass is 32.2. The van der Waals surface area contributed by atoms with E-state index >= 15 is 0 Å². The third kappa shape index (κ3) is 4.20. The predicted molar refractivity (Wildman–Crippen MR) is 87.8 cm³/mol. The number of thioether (sulfide) groups is 2. The molecular weight excluding hydrogens is 349 g/mol. The Kier molecular flexibility index (Phi) is 5.58. The van der Waals surface area contributed by atoms with Crippen LogP contribution in [0.15, 0.2) is 27.2 Å². The molecule has 0 bridgehead atoms. The first-order valence-corrected chi connectivity index (χ1v) is 8.43. The van der Waals surface area contributed by atoms with E-state index in [4.69, 9.17) is 0 Å². The quantitative estimate of drug-likeness (QED) is 0.784. The highest BCUT2D eigenvalue weighted by Gasteiger charge is 2.32. The van der Waals surface area contributed by atoms with E-state index in [0.29, 0.717) is 17.8 Å². The molecule has 0 fully saturated rings. The Morgan fingerprint density at radius 2 is 2.35 bits per heavy atom. The summed E-state index contributed by atoms with van der Waals surface area (Å²) in [6.07, 6.45) is -3.91. The molecule has 2 heterocycles. The smallest absolute Gasteiger partial charge is 0.370 e. The normalized spacial score (nSPS) is 14.6. The van der Waals surface area contributed by atoms with Gasteiger partial charge in [-0.2, -0.15) is 13.2 Å². The molecule has 1 aliphatic heterocycles. The molecule has 1 aromatic heterocycles. The van der Waals surface area contributed by atoms with Crippen LogP contribution >= 0.6 is 23.5 Å². The van der Waals surface area contributed by atoms with Crippen molar-refractivity contribution >= 4 is 47.7 Å². The third-order valence-corrected chi connectivity index (χ3v) is 4.97. The van der Waals surface area contributed by atoms with Crippen LogP contribution in [0.25, 0.3) is 0 Å². The lowest BCUT2D eigenvalue weighted by Gasteiger charge is -2.12. The summed E-state index contributed by atoms with van der Waals surface area (Å²) >= 11 is 2.96. The number of hydrogen-bond acceptors (Lipinski definition) is 6. The molecule has 5 nitrogen and oxygen atoms in total. The average Bonchev–Trinajstić information content (AvgIpc) is 2.95. The van der Waals surface area contributed by atoms with Crippen LogP contribution in [0.2, 0.25) is 0 Å². The maximum Gasteiger partial charge on any atom is 0.417 e. The van der Waals surface area contributed by atoms with E-state index in [1.165, 1.54) is 23.5 Å². The SMILES string of the molecule is C=Nc1ncc(C(F)(F)F)cc1NC(=O)C1=C(SCC)SCN1. The molecule has 0 radical (unpaired) electrons. The molecule has 2 rings (SSSR count). The summed E-state index contributed by atoms with van der Waals surface area (Å²) in [6, 6.07) is 0.796. The van der Waals surface area contributed by atoms with Crippen LogP contribution in [0.3, 0.4) is 0 Å². The van der Waals surface area contributed by atoms with Crippen LogP contribution in [-0.2, 0) is 11.0 Å². The number of nitrogens with one attached hydrogen (secondary N) is 2. The van der Waals surface area contributed by atoms with E-state index < -0.39 is 17.6 Å². The monoisotopic (exact) mass is 362 g/mol. The van der Waals surface area contributed by atoms with Crippen molar-refractivity contribution in [3.8, 4) is 0 Å². The van der Waals surface area contributed by atoms with Crippen LogP contribution < -0.4 is 10.6 Å². The number of pyridine rings is 1. The fourth-order valence-electron chi connectivity index (χ4n) is 1.75. The first kappa shape index (κ1) is 17.7. The van der Waals surface area contributed by atoms with Gasteiger partial charge in [0.1, 0.15) is 5.70 Å². The highest BCUT2D eigenvalue weighted by molar-refractivity contribution is 8.22. The Morgan fingerprint density at radius 1 is 1.61 bits per heavy atom. The van der Waals surface area contributed by atoms with Gasteiger partial charge >= 0.3 is 6.18 Å². The number of halogens is 3. The summed E-state index contributed by atoms with van der Waals surface area (Å²) in [5.41, 5.74) is -0.757. The number of aliphatic imine (C=N–C) groups is 1. The van der Waals surface area contributed by atoms with E-state index in [9.17, 15) is 18.0 Å². The van der Waals surface area contributed by atoms with Crippen LogP contribution in [0.4, 0.5) is 24.7 Å². The Balaban J connectivity index is 2.30. The van der Waals surface area contributed by atoms with Gasteiger partial charge in [-0.15, -0.1) is 11.8 Å². The molecule has 0 saturated heterocycles. The largest absolute Gasteiger partial charge is 0.417 e. The van der Waals surface area contributed by atoms with Crippen molar-refractivity contribution in [1.82, 2.24) is 10.3 Å². The van der Waals surface area contributed by atoms with Crippen molar-refractivity contribution in [2.45, 2.75) is 13.1 Å². The molecule has 0 unspecified atom stereocenters. The van der Waals surface area contributed by atoms with E-state index in [-0.39, 0.29) is 11.5 Å². The number of alkyl halides is 3. The molecule has 0 atom stereocenters. The zero-order chi connectivity index (χ0) is 17.0. The Morgan fingerprint density at radius 3 is 2.96 bits per heavy atom. The van der Waals surface area contributed by atoms with Gasteiger partial charge in [-0.1, -0.05) is 18.7 Å². The zero-order valence-corrected chi connectivity index (χ0v) is 13.7. The molecule has 1 amide bonds. The minimum Gasteiger partial charge on any atom is -0.370 e. The standard InChI is InChI=1S/C13H13F3N4OS2/c1-3-22-12-9(19-6-23-12)11(21)20-8-4-7(13(14,15)16)5-18-10(8)17-2/h4-5,19H,2-3,6H2,1H3,(H,20,21). The van der Waals surface area contributed by atoms with Gasteiger partial charge in [0.15, 0.2) is 5.82 Å². The van der Waals surface area contributed by atoms with Crippen molar-refractivity contribution in [2.75, 3.05) is 16.9 Å². The van der Waals surface area contributed by atoms with Gasteiger partial charge in [0, 0.05) is 6.20 Å². The van der Waals surface area contributed by atoms with E-state index in [0.717, 1.165) is 16.1 Å². The lowest BCUT2D eigenvalue weighted by molar-refractivity contribution is -0.137. The van der Waals surface area contributed by atoms with Gasteiger partial charge < -0.3 is 10.6 Å². The summed E-state index contributed by atoms with van der Waals surface area (Å²) in [4.78, 5) is 19.4. The van der Waals surface area contributed by atoms with Crippen molar-refractivity contribution in [3.63, 3.8) is 0 Å². The first-order valence-electron chi connectivity index (χ1n) is 6.45. The van der Waals surface area contributed by atoms with E-state index in [2.05, 4.69) is 27.3 Å². The summed E-state index contributed by atoms with van der Waals surface area (Å²) < 4.78 is 39.1. The van der Waals surface area contributed by atoms with Gasteiger partial charge in [0.25, 0.3) is 5.91 Å². The van der Waals surface area contributed by atoms with Gasteiger partial charge in [-0.05, 0) is 18.5 Å². The second-order valence-electron chi connectivity index (χ2n) is 4.27. The maximum atomic E-state index is 12.8. The average molecular weight is 362 g/mol. The number of rotatable bonds is 5. The van der Waals surface area contributed by atoms with Gasteiger partial charge in [0.05, 0.1) is 21.4 Å². The van der Waals surface area contributed by atoms with Crippen molar-refractivity contribution in [2.24, 2.45) is 4.99 Å². The molecule has 124 valence electrons. The third-order valence-electron chi connectivity index (χ3n) is 2.75. The topological polar surface area (TPSA) is 66.4 Å². The Bertz CT molecular complexity index is 661. The van der Waals surface area contributed by atoms with Gasteiger partial charge in [-0.25, -0.2) is 9.98 Å². The predicted octanol–water partition coefficient (Wildman–Crippen LogP) is 3.59. The molecule has 0 aliphatic carbocycles. The zero-order valence-electron chi connectivity index (χ0n) is 12.0. The molecular formula is C13H13F3N4OS2. The molecule has 23 heavy (non-hydrogen) atoms. The molecule has 1 aliphatic rings. The number of nitrogens with zero attached hydrogens (tertiary/aromatic N) is 2. The number of anilines is 1. The summed E-state index contributed by atoms with van der Waals surface area (Å²) in [6.45, 7) is 5.20. The molecule has 0 saturated carbocycles. The van der Waals surface area contributed by atoms with E-state index in [1.807, 2.05) is 6.92 Å². The minimum absolute atomic E-state index is 0.0673. The maximum absolute atomic E-state index is 12.8. The van der Waals surface area contributed by atoms with Crippen molar-refractivity contribution in [3.05, 3.63) is 27.8 Å². The summed E-state index contributed by atoms with van der Waals surface area (Å²) in [5, 5.41) is 5.34. The second-order valence-corrected chi connectivity index (χ2v) is 6.78. The highest BCUT2D eigenvalue weighted by Crippen LogP contribution is 2.36. The molecule has 0 spiro atoms. The minimum atomic E-state index is -4.56. The van der Waals surface area contributed by atoms with Crippen LogP contribution in [0.5, 0.6) is 0 Å². The Hall–Kier alpha value is -1.68. The summed E-state index contributed by atoms with van der Waals surface area (Å²) in [7, 11) is 0. The molecule has 1 aromatic rings. The van der Waals surface area contributed by atoms with Crippen molar-refractivity contribution in [1.29, 1.82) is 0 Å². The summed E-state index contributed by atoms with van der Waals surface area (Å²) in [5.74, 6) is 0.725. The van der Waals surface area contributed by atoms with Crippen LogP contribution in [-0.4, -0.2) is 29.2 Å². The Labute approximate surface area is 139 Å². The number of aromatic nitrogens is 1. The number of carbonyl (C=O) groups excluding carboxylic acids is 1. The molecule has 10 heteroatoms. The lowest BCUT2D eigenvalue weighted by Crippen LogP contribution is -2.23. The lowest BCUT2D eigenvalue weighted by atomic mass is 10.2. The number of amides is 1. The van der Waals surface area contributed by atoms with Gasteiger partial charge in [0.2, 0.25) is 0 Å². The van der Waals surface area contributed by atoms with Crippen LogP contribution in [0.1, 0.15) is 12.5 Å². The second kappa shape index (κ2) is 7.26. The first-order chi connectivity index (χ1) is 10.9. The molecule has 0 aromatic carbocycles. The number of carbonyl (C=O) groups is 1. The van der Waals surface area contributed by atoms with E-state index in [1.54, 1.807) is 0 Å². The number of hydrogen-bond donors (Lipinski definition) is 2. The fraction of sp³-hybridized carbons (Fsp3) is 0.308. The van der Waals surface area contributed by atoms with Gasteiger partial charge in [-0.3, -0.25) is 4.79 Å². The van der Waals surface area contributed by atoms with Crippen molar-refractivity contribution < 1.29 is 18.0 Å². The fourth-order valence-corrected chi connectivity index (χ4v) is 3.84. The van der Waals surface area contributed by atoms with Crippen LogP contribution in [0, 0.1) is 0 Å². The molecule has 2 N–H and O–H groups in total.